The van der Waals surface area contributed by atoms with Crippen LogP contribution in [0, 0.1) is 0 Å². The van der Waals surface area contributed by atoms with E-state index >= 15 is 0 Å². The summed E-state index contributed by atoms with van der Waals surface area (Å²) in [5.41, 5.74) is 0. The molecule has 1 rings (SSSR count). The van der Waals surface area contributed by atoms with E-state index in [0.29, 0.717) is 18.6 Å². The normalized spacial score (nSPS) is 11.6. The third-order valence-electron chi connectivity index (χ3n) is 2.32. The monoisotopic (exact) mass is 251 g/mol. The average Bonchev–Trinajstić information content (AvgIpc) is 2.37. The first kappa shape index (κ1) is 14.0. The smallest absolute Gasteiger partial charge is 0.326 e. The maximum Gasteiger partial charge on any atom is 0.326 e. The maximum absolute atomic E-state index is 11.5. The third kappa shape index (κ3) is 4.86. The molecule has 0 bridgehead atoms. The molecule has 1 amide bonds. The van der Waals surface area contributed by atoms with E-state index in [2.05, 4.69) is 5.32 Å². The predicted molar refractivity (Wildman–Crippen MR) is 66.4 cm³/mol. The Bertz CT molecular complexity index is 391. The number of ether oxygens (including phenoxy) is 1. The molecule has 0 aliphatic heterocycles. The van der Waals surface area contributed by atoms with Crippen LogP contribution in [-0.4, -0.2) is 29.6 Å². The highest BCUT2D eigenvalue weighted by Gasteiger charge is 2.18. The number of carboxylic acids is 1. The molecular weight excluding hydrogens is 234 g/mol. The molecule has 0 saturated heterocycles. The first-order chi connectivity index (χ1) is 8.63. The lowest BCUT2D eigenvalue weighted by atomic mass is 10.2. The van der Waals surface area contributed by atoms with Crippen LogP contribution >= 0.6 is 0 Å². The minimum Gasteiger partial charge on any atom is -0.484 e. The van der Waals surface area contributed by atoms with Gasteiger partial charge in [-0.1, -0.05) is 31.5 Å². The summed E-state index contributed by atoms with van der Waals surface area (Å²) in [5.74, 6) is -0.875. The molecule has 1 atom stereocenters. The van der Waals surface area contributed by atoms with Gasteiger partial charge >= 0.3 is 5.97 Å². The second kappa shape index (κ2) is 7.32. The molecule has 0 radical (unpaired) electrons. The van der Waals surface area contributed by atoms with E-state index in [0.717, 1.165) is 0 Å². The number of carbonyl (C=O) groups excluding carboxylic acids is 1. The van der Waals surface area contributed by atoms with Gasteiger partial charge < -0.3 is 15.2 Å². The van der Waals surface area contributed by atoms with Gasteiger partial charge in [-0.3, -0.25) is 4.79 Å². The van der Waals surface area contributed by atoms with Gasteiger partial charge in [0.2, 0.25) is 0 Å². The predicted octanol–water partition coefficient (Wildman–Crippen LogP) is 1.43. The molecule has 0 spiro atoms. The standard InChI is InChI=1S/C13H17NO4/c1-2-6-11(13(16)17)14-12(15)9-18-10-7-4-3-5-8-10/h3-5,7-8,11H,2,6,9H2,1H3,(H,14,15)(H,16,17)/t11-/m0/s1. The van der Waals surface area contributed by atoms with E-state index in [9.17, 15) is 9.59 Å². The highest BCUT2D eigenvalue weighted by molar-refractivity contribution is 5.84. The van der Waals surface area contributed by atoms with Crippen molar-refractivity contribution in [2.24, 2.45) is 0 Å². The Morgan fingerprint density at radius 2 is 2.00 bits per heavy atom. The van der Waals surface area contributed by atoms with Gasteiger partial charge in [0.1, 0.15) is 11.8 Å². The zero-order valence-electron chi connectivity index (χ0n) is 10.3. The van der Waals surface area contributed by atoms with Gasteiger partial charge in [0.25, 0.3) is 5.91 Å². The van der Waals surface area contributed by atoms with Gasteiger partial charge in [0.05, 0.1) is 0 Å². The lowest BCUT2D eigenvalue weighted by molar-refractivity contribution is -0.142. The zero-order valence-corrected chi connectivity index (χ0v) is 10.3. The van der Waals surface area contributed by atoms with E-state index in [1.54, 1.807) is 24.3 Å². The Kier molecular flexibility index (Phi) is 5.70. The van der Waals surface area contributed by atoms with Gasteiger partial charge in [-0.25, -0.2) is 4.79 Å². The second-order valence-electron chi connectivity index (χ2n) is 3.85. The Balaban J connectivity index is 2.39. The Morgan fingerprint density at radius 3 is 2.56 bits per heavy atom. The first-order valence-corrected chi connectivity index (χ1v) is 5.83. The molecule has 2 N–H and O–H groups in total. The van der Waals surface area contributed by atoms with E-state index in [1.807, 2.05) is 13.0 Å². The molecule has 0 fully saturated rings. The summed E-state index contributed by atoms with van der Waals surface area (Å²) in [5, 5.41) is 11.3. The minimum absolute atomic E-state index is 0.183. The molecular formula is C13H17NO4. The number of hydrogen-bond acceptors (Lipinski definition) is 3. The molecule has 18 heavy (non-hydrogen) atoms. The molecule has 0 saturated carbocycles. The number of rotatable bonds is 7. The van der Waals surface area contributed by atoms with Crippen molar-refractivity contribution in [1.82, 2.24) is 5.32 Å². The highest BCUT2D eigenvalue weighted by Crippen LogP contribution is 2.07. The van der Waals surface area contributed by atoms with Crippen molar-refractivity contribution >= 4 is 11.9 Å². The molecule has 0 aromatic heterocycles. The van der Waals surface area contributed by atoms with Crippen molar-refractivity contribution in [3.8, 4) is 5.75 Å². The zero-order chi connectivity index (χ0) is 13.4. The van der Waals surface area contributed by atoms with E-state index < -0.39 is 17.9 Å². The van der Waals surface area contributed by atoms with E-state index in [1.165, 1.54) is 0 Å². The summed E-state index contributed by atoms with van der Waals surface area (Å²) in [6.07, 6.45) is 1.10. The number of benzene rings is 1. The number of amides is 1. The van der Waals surface area contributed by atoms with Crippen LogP contribution in [0.4, 0.5) is 0 Å². The van der Waals surface area contributed by atoms with Crippen molar-refractivity contribution in [1.29, 1.82) is 0 Å². The fraction of sp³-hybridized carbons (Fsp3) is 0.385. The molecule has 0 heterocycles. The fourth-order valence-corrected chi connectivity index (χ4v) is 1.45. The lowest BCUT2D eigenvalue weighted by Gasteiger charge is -2.13. The summed E-state index contributed by atoms with van der Waals surface area (Å²) in [6.45, 7) is 1.68. The van der Waals surface area contributed by atoms with Crippen LogP contribution in [0.1, 0.15) is 19.8 Å². The summed E-state index contributed by atoms with van der Waals surface area (Å²) in [7, 11) is 0. The number of para-hydroxylation sites is 1. The van der Waals surface area contributed by atoms with Gasteiger partial charge in [-0.15, -0.1) is 0 Å². The first-order valence-electron chi connectivity index (χ1n) is 5.83. The number of aliphatic carboxylic acids is 1. The molecule has 0 unspecified atom stereocenters. The van der Waals surface area contributed by atoms with Crippen LogP contribution in [-0.2, 0) is 9.59 Å². The molecule has 0 aliphatic carbocycles. The Morgan fingerprint density at radius 1 is 1.33 bits per heavy atom. The summed E-state index contributed by atoms with van der Waals surface area (Å²) >= 11 is 0. The number of carboxylic acid groups (broad SMARTS) is 1. The van der Waals surface area contributed by atoms with Crippen molar-refractivity contribution in [2.75, 3.05) is 6.61 Å². The van der Waals surface area contributed by atoms with Gasteiger partial charge in [-0.2, -0.15) is 0 Å². The SMILES string of the molecule is CCC[C@H](NC(=O)COc1ccccc1)C(=O)O. The number of hydrogen-bond donors (Lipinski definition) is 2. The van der Waals surface area contributed by atoms with Gasteiger partial charge in [-0.05, 0) is 18.6 Å². The Labute approximate surface area is 106 Å². The van der Waals surface area contributed by atoms with Crippen molar-refractivity contribution in [2.45, 2.75) is 25.8 Å². The largest absolute Gasteiger partial charge is 0.484 e. The van der Waals surface area contributed by atoms with Crippen LogP contribution in [0.15, 0.2) is 30.3 Å². The second-order valence-corrected chi connectivity index (χ2v) is 3.85. The van der Waals surface area contributed by atoms with Crippen molar-refractivity contribution < 1.29 is 19.4 Å². The van der Waals surface area contributed by atoms with Crippen molar-refractivity contribution in [3.63, 3.8) is 0 Å². The van der Waals surface area contributed by atoms with Crippen LogP contribution in [0.2, 0.25) is 0 Å². The van der Waals surface area contributed by atoms with Crippen LogP contribution in [0.3, 0.4) is 0 Å². The van der Waals surface area contributed by atoms with Crippen LogP contribution < -0.4 is 10.1 Å². The number of nitrogens with one attached hydrogen (secondary N) is 1. The average molecular weight is 251 g/mol. The quantitative estimate of drug-likeness (QED) is 0.768. The van der Waals surface area contributed by atoms with Gasteiger partial charge in [0, 0.05) is 0 Å². The van der Waals surface area contributed by atoms with Gasteiger partial charge in [0.15, 0.2) is 6.61 Å². The van der Waals surface area contributed by atoms with Crippen molar-refractivity contribution in [3.05, 3.63) is 30.3 Å². The molecule has 1 aromatic carbocycles. The number of carbonyl (C=O) groups is 2. The topological polar surface area (TPSA) is 75.6 Å². The molecule has 0 aliphatic rings. The lowest BCUT2D eigenvalue weighted by Crippen LogP contribution is -2.42. The summed E-state index contributed by atoms with van der Waals surface area (Å²) < 4.78 is 5.22. The van der Waals surface area contributed by atoms with E-state index in [-0.39, 0.29) is 6.61 Å². The fourth-order valence-electron chi connectivity index (χ4n) is 1.45. The van der Waals surface area contributed by atoms with Crippen LogP contribution in [0.5, 0.6) is 5.75 Å². The Hall–Kier alpha value is -2.04. The minimum atomic E-state index is -1.02. The summed E-state index contributed by atoms with van der Waals surface area (Å²) in [6, 6.07) is 8.05. The molecule has 5 heteroatoms. The third-order valence-corrected chi connectivity index (χ3v) is 2.32. The molecule has 5 nitrogen and oxygen atoms in total. The molecule has 1 aromatic rings. The summed E-state index contributed by atoms with van der Waals surface area (Å²) in [4.78, 5) is 22.4. The van der Waals surface area contributed by atoms with Crippen LogP contribution in [0.25, 0.3) is 0 Å². The maximum atomic E-state index is 11.5. The van der Waals surface area contributed by atoms with E-state index in [4.69, 9.17) is 9.84 Å². The molecule has 98 valence electrons. The highest BCUT2D eigenvalue weighted by atomic mass is 16.5.